The Balaban J connectivity index is 1.84. The van der Waals surface area contributed by atoms with Crippen LogP contribution < -0.4 is 5.32 Å². The van der Waals surface area contributed by atoms with E-state index in [9.17, 15) is 14.9 Å². The molecule has 1 aromatic carbocycles. The maximum absolute atomic E-state index is 12.2. The highest BCUT2D eigenvalue weighted by Crippen LogP contribution is 2.20. The van der Waals surface area contributed by atoms with Crippen molar-refractivity contribution in [3.8, 4) is 0 Å². The average Bonchev–Trinajstić information content (AvgIpc) is 2.94. The molecule has 0 aliphatic carbocycles. The lowest BCUT2D eigenvalue weighted by atomic mass is 10.1. The molecule has 2 heterocycles. The van der Waals surface area contributed by atoms with Gasteiger partial charge in [-0.25, -0.2) is 4.98 Å². The predicted octanol–water partition coefficient (Wildman–Crippen LogP) is 3.03. The van der Waals surface area contributed by atoms with Crippen molar-refractivity contribution in [3.05, 3.63) is 64.0 Å². The van der Waals surface area contributed by atoms with Gasteiger partial charge in [-0.2, -0.15) is 0 Å². The summed E-state index contributed by atoms with van der Waals surface area (Å²) in [5.74, 6) is -0.0445. The van der Waals surface area contributed by atoms with Crippen LogP contribution >= 0.6 is 0 Å². The number of benzene rings is 1. The second kappa shape index (κ2) is 5.28. The van der Waals surface area contributed by atoms with E-state index in [0.29, 0.717) is 11.1 Å². The summed E-state index contributed by atoms with van der Waals surface area (Å²) < 4.78 is 0. The molecule has 7 nitrogen and oxygen atoms in total. The van der Waals surface area contributed by atoms with Crippen molar-refractivity contribution >= 4 is 28.3 Å². The number of pyridine rings is 1. The molecular weight excluding hydrogens is 284 g/mol. The molecule has 1 amide bonds. The van der Waals surface area contributed by atoms with E-state index in [4.69, 9.17) is 0 Å². The first-order valence-electron chi connectivity index (χ1n) is 6.54. The van der Waals surface area contributed by atoms with Gasteiger partial charge in [-0.1, -0.05) is 6.07 Å². The van der Waals surface area contributed by atoms with E-state index < -0.39 is 4.92 Å². The molecule has 0 saturated heterocycles. The Labute approximate surface area is 125 Å². The molecule has 0 saturated carbocycles. The molecule has 7 heteroatoms. The normalized spacial score (nSPS) is 10.6. The summed E-state index contributed by atoms with van der Waals surface area (Å²) in [6.45, 7) is 1.60. The summed E-state index contributed by atoms with van der Waals surface area (Å²) in [6.07, 6.45) is 2.94. The number of nitro groups is 1. The van der Waals surface area contributed by atoms with Crippen molar-refractivity contribution in [1.82, 2.24) is 9.97 Å². The Morgan fingerprint density at radius 3 is 2.86 bits per heavy atom. The van der Waals surface area contributed by atoms with E-state index >= 15 is 0 Å². The van der Waals surface area contributed by atoms with Crippen molar-refractivity contribution < 1.29 is 9.72 Å². The van der Waals surface area contributed by atoms with Crippen LogP contribution in [0.25, 0.3) is 10.9 Å². The highest BCUT2D eigenvalue weighted by Gasteiger charge is 2.13. The molecule has 0 aliphatic rings. The third-order valence-electron chi connectivity index (χ3n) is 3.34. The number of hydrogen-bond acceptors (Lipinski definition) is 4. The zero-order valence-corrected chi connectivity index (χ0v) is 11.7. The fourth-order valence-corrected chi connectivity index (χ4v) is 2.19. The van der Waals surface area contributed by atoms with E-state index in [2.05, 4.69) is 15.3 Å². The van der Waals surface area contributed by atoms with E-state index in [-0.39, 0.29) is 17.4 Å². The van der Waals surface area contributed by atoms with E-state index in [1.165, 1.54) is 6.07 Å². The highest BCUT2D eigenvalue weighted by atomic mass is 16.6. The zero-order chi connectivity index (χ0) is 15.7. The highest BCUT2D eigenvalue weighted by molar-refractivity contribution is 6.05. The number of carbonyl (C=O) groups excluding carboxylic acids is 1. The SMILES string of the molecule is Cc1cc(NC(=O)c2ccc3cc[nH]c3c2)ncc1[N+](=O)[O-]. The first-order chi connectivity index (χ1) is 10.5. The lowest BCUT2D eigenvalue weighted by molar-refractivity contribution is -0.385. The monoisotopic (exact) mass is 296 g/mol. The fourth-order valence-electron chi connectivity index (χ4n) is 2.19. The largest absolute Gasteiger partial charge is 0.361 e. The number of hydrogen-bond donors (Lipinski definition) is 2. The van der Waals surface area contributed by atoms with Crippen LogP contribution in [0.1, 0.15) is 15.9 Å². The van der Waals surface area contributed by atoms with Crippen LogP contribution in [0.3, 0.4) is 0 Å². The van der Waals surface area contributed by atoms with Crippen molar-refractivity contribution in [2.45, 2.75) is 6.92 Å². The van der Waals surface area contributed by atoms with Crippen LogP contribution in [0.5, 0.6) is 0 Å². The molecule has 0 spiro atoms. The molecule has 3 rings (SSSR count). The molecule has 3 aromatic rings. The average molecular weight is 296 g/mol. The van der Waals surface area contributed by atoms with Crippen LogP contribution in [0.2, 0.25) is 0 Å². The number of nitrogens with one attached hydrogen (secondary N) is 2. The molecular formula is C15H12N4O3. The number of aromatic amines is 1. The first-order valence-corrected chi connectivity index (χ1v) is 6.54. The molecule has 0 aliphatic heterocycles. The number of fused-ring (bicyclic) bond motifs is 1. The Hall–Kier alpha value is -3.22. The molecule has 0 fully saturated rings. The van der Waals surface area contributed by atoms with Crippen molar-refractivity contribution in [3.63, 3.8) is 0 Å². The maximum Gasteiger partial charge on any atom is 0.290 e. The summed E-state index contributed by atoms with van der Waals surface area (Å²) in [5.41, 5.74) is 1.70. The molecule has 2 N–H and O–H groups in total. The van der Waals surface area contributed by atoms with Gasteiger partial charge in [0.2, 0.25) is 0 Å². The van der Waals surface area contributed by atoms with Crippen molar-refractivity contribution in [2.75, 3.05) is 5.32 Å². The van der Waals surface area contributed by atoms with Gasteiger partial charge < -0.3 is 10.3 Å². The smallest absolute Gasteiger partial charge is 0.290 e. The molecule has 0 radical (unpaired) electrons. The molecule has 2 aromatic heterocycles. The van der Waals surface area contributed by atoms with Crippen molar-refractivity contribution in [1.29, 1.82) is 0 Å². The molecule has 0 bridgehead atoms. The Kier molecular flexibility index (Phi) is 3.30. The number of amides is 1. The van der Waals surface area contributed by atoms with Gasteiger partial charge in [-0.15, -0.1) is 0 Å². The van der Waals surface area contributed by atoms with Gasteiger partial charge in [0.1, 0.15) is 12.0 Å². The summed E-state index contributed by atoms with van der Waals surface area (Å²) in [5, 5.41) is 14.4. The second-order valence-corrected chi connectivity index (χ2v) is 4.85. The third-order valence-corrected chi connectivity index (χ3v) is 3.34. The van der Waals surface area contributed by atoms with Gasteiger partial charge >= 0.3 is 0 Å². The minimum absolute atomic E-state index is 0.0780. The van der Waals surface area contributed by atoms with E-state index in [1.807, 2.05) is 12.1 Å². The van der Waals surface area contributed by atoms with Gasteiger partial charge in [-0.05, 0) is 36.6 Å². The van der Waals surface area contributed by atoms with E-state index in [0.717, 1.165) is 17.1 Å². The molecule has 0 atom stereocenters. The van der Waals surface area contributed by atoms with Crippen LogP contribution in [0, 0.1) is 17.0 Å². The van der Waals surface area contributed by atoms with Crippen LogP contribution in [0.4, 0.5) is 11.5 Å². The lowest BCUT2D eigenvalue weighted by Crippen LogP contribution is -2.13. The number of anilines is 1. The third kappa shape index (κ3) is 2.51. The maximum atomic E-state index is 12.2. The minimum atomic E-state index is -0.507. The van der Waals surface area contributed by atoms with E-state index in [1.54, 1.807) is 25.3 Å². The number of carbonyl (C=O) groups is 1. The topological polar surface area (TPSA) is 101 Å². The number of rotatable bonds is 3. The first kappa shape index (κ1) is 13.7. The van der Waals surface area contributed by atoms with Crippen molar-refractivity contribution in [2.24, 2.45) is 0 Å². The lowest BCUT2D eigenvalue weighted by Gasteiger charge is -2.05. The van der Waals surface area contributed by atoms with Gasteiger partial charge in [-0.3, -0.25) is 14.9 Å². The van der Waals surface area contributed by atoms with Crippen LogP contribution in [0.15, 0.2) is 42.7 Å². The Bertz CT molecular complexity index is 885. The second-order valence-electron chi connectivity index (χ2n) is 4.85. The molecule has 22 heavy (non-hydrogen) atoms. The summed E-state index contributed by atoms with van der Waals surface area (Å²) in [6, 6.07) is 8.68. The standard InChI is InChI=1S/C15H12N4O3/c1-9-6-14(17-8-13(9)19(21)22)18-15(20)11-3-2-10-4-5-16-12(10)7-11/h2-8,16H,1H3,(H,17,18,20). The number of nitrogens with zero attached hydrogens (tertiary/aromatic N) is 2. The number of aromatic nitrogens is 2. The summed E-state index contributed by atoms with van der Waals surface area (Å²) in [4.78, 5) is 29.4. The summed E-state index contributed by atoms with van der Waals surface area (Å²) in [7, 11) is 0. The van der Waals surface area contributed by atoms with Crippen LogP contribution in [-0.4, -0.2) is 20.8 Å². The fraction of sp³-hybridized carbons (Fsp3) is 0.0667. The quantitative estimate of drug-likeness (QED) is 0.573. The van der Waals surface area contributed by atoms with Crippen LogP contribution in [-0.2, 0) is 0 Å². The van der Waals surface area contributed by atoms with Gasteiger partial charge in [0.05, 0.1) is 4.92 Å². The minimum Gasteiger partial charge on any atom is -0.361 e. The van der Waals surface area contributed by atoms with Gasteiger partial charge in [0.15, 0.2) is 0 Å². The van der Waals surface area contributed by atoms with Gasteiger partial charge in [0, 0.05) is 22.8 Å². The van der Waals surface area contributed by atoms with Gasteiger partial charge in [0.25, 0.3) is 11.6 Å². The number of aryl methyl sites for hydroxylation is 1. The molecule has 0 unspecified atom stereocenters. The predicted molar refractivity (Wildman–Crippen MR) is 81.9 cm³/mol. The summed E-state index contributed by atoms with van der Waals surface area (Å²) >= 11 is 0. The molecule has 110 valence electrons. The Morgan fingerprint density at radius 1 is 1.32 bits per heavy atom. The zero-order valence-electron chi connectivity index (χ0n) is 11.7. The number of H-pyrrole nitrogens is 1. The Morgan fingerprint density at radius 2 is 2.14 bits per heavy atom.